The third kappa shape index (κ3) is 6.11. The lowest BCUT2D eigenvalue weighted by atomic mass is 9.95. The maximum absolute atomic E-state index is 13.4. The van der Waals surface area contributed by atoms with Gasteiger partial charge in [0.05, 0.1) is 10.6 Å². The highest BCUT2D eigenvalue weighted by Gasteiger charge is 2.29. The summed E-state index contributed by atoms with van der Waals surface area (Å²) in [5, 5.41) is 9.25. The Morgan fingerprint density at radius 1 is 1.15 bits per heavy atom. The summed E-state index contributed by atoms with van der Waals surface area (Å²) in [6.45, 7) is 2.02. The van der Waals surface area contributed by atoms with E-state index in [4.69, 9.17) is 0 Å². The number of unbranched alkanes of at least 4 members (excludes halogenated alkanes) is 2. The Labute approximate surface area is 203 Å². The summed E-state index contributed by atoms with van der Waals surface area (Å²) >= 11 is 1.46. The molecule has 1 N–H and O–H groups in total. The summed E-state index contributed by atoms with van der Waals surface area (Å²) in [6.07, 6.45) is 5.29. The van der Waals surface area contributed by atoms with Gasteiger partial charge >= 0.3 is 0 Å². The van der Waals surface area contributed by atoms with Gasteiger partial charge in [0.1, 0.15) is 5.82 Å². The fourth-order valence-electron chi connectivity index (χ4n) is 4.43. The van der Waals surface area contributed by atoms with Gasteiger partial charge in [0.25, 0.3) is 5.91 Å². The Hall–Kier alpha value is -3.00. The average Bonchev–Trinajstić information content (AvgIpc) is 3.56. The molecule has 0 bridgehead atoms. The Morgan fingerprint density at radius 3 is 2.71 bits per heavy atom. The number of hydrogen-bond acceptors (Lipinski definition) is 4. The van der Waals surface area contributed by atoms with Crippen LogP contribution in [0.3, 0.4) is 0 Å². The lowest BCUT2D eigenvalue weighted by molar-refractivity contribution is -0.135. The Kier molecular flexibility index (Phi) is 8.11. The van der Waals surface area contributed by atoms with Gasteiger partial charge in [0.15, 0.2) is 0 Å². The van der Waals surface area contributed by atoms with Gasteiger partial charge < -0.3 is 9.80 Å². The second-order valence-corrected chi connectivity index (χ2v) is 9.85. The van der Waals surface area contributed by atoms with E-state index < -0.39 is 0 Å². The first kappa shape index (κ1) is 24.1. The standard InChI is InChI=1S/C26H31FN4O2S/c1-30(25(32)19-11-14-31(15-12-19)26(33)24-10-6-16-34-24)13-4-2-3-9-22-18-23(29-28-22)20-7-5-8-21(27)17-20/h5-8,10,16-19H,2-4,9,11-15H2,1H3,(H,28,29). The number of aromatic nitrogens is 2. The van der Waals surface area contributed by atoms with Crippen LogP contribution in [0.4, 0.5) is 4.39 Å². The number of nitrogens with zero attached hydrogens (tertiary/aromatic N) is 3. The number of H-pyrrole nitrogens is 1. The number of carbonyl (C=O) groups is 2. The van der Waals surface area contributed by atoms with Crippen molar-refractivity contribution >= 4 is 23.2 Å². The molecule has 34 heavy (non-hydrogen) atoms. The predicted octanol–water partition coefficient (Wildman–Crippen LogP) is 5.00. The van der Waals surface area contributed by atoms with Crippen LogP contribution < -0.4 is 0 Å². The SMILES string of the molecule is CN(CCCCCc1cc(-c2cccc(F)c2)n[nH]1)C(=O)C1CCN(C(=O)c2cccs2)CC1. The first-order chi connectivity index (χ1) is 16.5. The van der Waals surface area contributed by atoms with Crippen LogP contribution in [-0.2, 0) is 11.2 Å². The molecule has 1 aromatic carbocycles. The summed E-state index contributed by atoms with van der Waals surface area (Å²) in [5.41, 5.74) is 2.56. The van der Waals surface area contributed by atoms with Gasteiger partial charge in [0.2, 0.25) is 5.91 Å². The number of benzene rings is 1. The number of hydrogen-bond donors (Lipinski definition) is 1. The molecule has 2 amide bonds. The van der Waals surface area contributed by atoms with Gasteiger partial charge in [-0.25, -0.2) is 4.39 Å². The number of thiophene rings is 1. The molecule has 0 unspecified atom stereocenters. The summed E-state index contributed by atoms with van der Waals surface area (Å²) in [4.78, 5) is 29.8. The van der Waals surface area contributed by atoms with Crippen molar-refractivity contribution < 1.29 is 14.0 Å². The third-order valence-electron chi connectivity index (χ3n) is 6.43. The molecule has 1 aliphatic heterocycles. The quantitative estimate of drug-likeness (QED) is 0.436. The number of carbonyl (C=O) groups excluding carboxylic acids is 2. The maximum atomic E-state index is 13.4. The fourth-order valence-corrected chi connectivity index (χ4v) is 5.12. The van der Waals surface area contributed by atoms with Crippen LogP contribution in [0.25, 0.3) is 11.3 Å². The molecule has 2 aromatic heterocycles. The number of piperidine rings is 1. The molecule has 1 aliphatic rings. The van der Waals surface area contributed by atoms with Crippen molar-refractivity contribution in [1.82, 2.24) is 20.0 Å². The van der Waals surface area contributed by atoms with Crippen LogP contribution in [0.2, 0.25) is 0 Å². The van der Waals surface area contributed by atoms with E-state index in [1.807, 2.05) is 46.5 Å². The van der Waals surface area contributed by atoms with Crippen molar-refractivity contribution in [2.24, 2.45) is 5.92 Å². The molecule has 1 fully saturated rings. The smallest absolute Gasteiger partial charge is 0.263 e. The molecule has 0 atom stereocenters. The highest BCUT2D eigenvalue weighted by Crippen LogP contribution is 2.23. The van der Waals surface area contributed by atoms with Crippen molar-refractivity contribution in [1.29, 1.82) is 0 Å². The molecular weight excluding hydrogens is 451 g/mol. The molecule has 0 saturated carbocycles. The molecule has 180 valence electrons. The number of halogens is 1. The maximum Gasteiger partial charge on any atom is 0.263 e. The van der Waals surface area contributed by atoms with Crippen LogP contribution in [-0.4, -0.2) is 58.5 Å². The lowest BCUT2D eigenvalue weighted by Gasteiger charge is -2.33. The zero-order chi connectivity index (χ0) is 23.9. The van der Waals surface area contributed by atoms with Crippen LogP contribution in [0.15, 0.2) is 47.8 Å². The van der Waals surface area contributed by atoms with E-state index in [-0.39, 0.29) is 23.5 Å². The number of rotatable bonds is 9. The van der Waals surface area contributed by atoms with E-state index >= 15 is 0 Å². The summed E-state index contributed by atoms with van der Waals surface area (Å²) in [6, 6.07) is 12.2. The predicted molar refractivity (Wildman–Crippen MR) is 132 cm³/mol. The van der Waals surface area contributed by atoms with Crippen LogP contribution in [0.5, 0.6) is 0 Å². The van der Waals surface area contributed by atoms with E-state index in [2.05, 4.69) is 10.2 Å². The zero-order valence-corrected chi connectivity index (χ0v) is 20.3. The topological polar surface area (TPSA) is 69.3 Å². The molecule has 0 spiro atoms. The summed E-state index contributed by atoms with van der Waals surface area (Å²) in [7, 11) is 1.88. The van der Waals surface area contributed by atoms with Gasteiger partial charge in [-0.2, -0.15) is 5.10 Å². The molecule has 6 nitrogen and oxygen atoms in total. The van der Waals surface area contributed by atoms with Crippen molar-refractivity contribution in [3.8, 4) is 11.3 Å². The third-order valence-corrected chi connectivity index (χ3v) is 7.29. The first-order valence-corrected chi connectivity index (χ1v) is 12.8. The summed E-state index contributed by atoms with van der Waals surface area (Å²) in [5.74, 6) is 0.00728. The molecule has 3 heterocycles. The van der Waals surface area contributed by atoms with E-state index in [0.29, 0.717) is 13.1 Å². The molecule has 0 radical (unpaired) electrons. The van der Waals surface area contributed by atoms with Crippen LogP contribution >= 0.6 is 11.3 Å². The van der Waals surface area contributed by atoms with Gasteiger partial charge in [-0.3, -0.25) is 14.7 Å². The minimum atomic E-state index is -0.266. The molecule has 4 rings (SSSR count). The fraction of sp³-hybridized carbons (Fsp3) is 0.423. The van der Waals surface area contributed by atoms with Crippen molar-refractivity contribution in [2.75, 3.05) is 26.7 Å². The van der Waals surface area contributed by atoms with Crippen LogP contribution in [0, 0.1) is 11.7 Å². The molecular formula is C26H31FN4O2S. The Morgan fingerprint density at radius 2 is 1.97 bits per heavy atom. The second kappa shape index (κ2) is 11.4. The Balaban J connectivity index is 1.13. The van der Waals surface area contributed by atoms with Crippen molar-refractivity contribution in [2.45, 2.75) is 38.5 Å². The van der Waals surface area contributed by atoms with Gasteiger partial charge in [-0.1, -0.05) is 24.6 Å². The van der Waals surface area contributed by atoms with Crippen molar-refractivity contribution in [3.63, 3.8) is 0 Å². The van der Waals surface area contributed by atoms with E-state index in [1.54, 1.807) is 6.07 Å². The monoisotopic (exact) mass is 482 g/mol. The highest BCUT2D eigenvalue weighted by molar-refractivity contribution is 7.12. The molecule has 8 heteroatoms. The number of aryl methyl sites for hydroxylation is 1. The average molecular weight is 483 g/mol. The van der Waals surface area contributed by atoms with Gasteiger partial charge in [-0.05, 0) is 61.7 Å². The number of likely N-dealkylation sites (tertiary alicyclic amines) is 1. The van der Waals surface area contributed by atoms with Crippen molar-refractivity contribution in [3.05, 3.63) is 64.2 Å². The van der Waals surface area contributed by atoms with Gasteiger partial charge in [-0.15, -0.1) is 11.3 Å². The number of aromatic amines is 1. The highest BCUT2D eigenvalue weighted by atomic mass is 32.1. The summed E-state index contributed by atoms with van der Waals surface area (Å²) < 4.78 is 13.4. The zero-order valence-electron chi connectivity index (χ0n) is 19.5. The van der Waals surface area contributed by atoms with Gasteiger partial charge in [0, 0.05) is 43.9 Å². The molecule has 0 aliphatic carbocycles. The van der Waals surface area contributed by atoms with E-state index in [1.165, 1.54) is 23.5 Å². The molecule has 3 aromatic rings. The largest absolute Gasteiger partial charge is 0.346 e. The molecule has 1 saturated heterocycles. The number of amides is 2. The number of nitrogens with one attached hydrogen (secondary N) is 1. The second-order valence-electron chi connectivity index (χ2n) is 8.90. The lowest BCUT2D eigenvalue weighted by Crippen LogP contribution is -2.43. The minimum absolute atomic E-state index is 0.00335. The van der Waals surface area contributed by atoms with Crippen LogP contribution in [0.1, 0.15) is 47.5 Å². The van der Waals surface area contributed by atoms with E-state index in [0.717, 1.165) is 66.9 Å². The normalized spacial score (nSPS) is 14.4. The first-order valence-electron chi connectivity index (χ1n) is 11.9. The van der Waals surface area contributed by atoms with E-state index in [9.17, 15) is 14.0 Å². The Bertz CT molecular complexity index is 1090. The minimum Gasteiger partial charge on any atom is -0.346 e.